The van der Waals surface area contributed by atoms with E-state index in [1.54, 1.807) is 12.1 Å². The van der Waals surface area contributed by atoms with Gasteiger partial charge < -0.3 is 10.7 Å². The van der Waals surface area contributed by atoms with Crippen molar-refractivity contribution in [3.63, 3.8) is 0 Å². The summed E-state index contributed by atoms with van der Waals surface area (Å²) in [6.45, 7) is 0. The maximum atomic E-state index is 9.27. The van der Waals surface area contributed by atoms with E-state index in [0.717, 1.165) is 17.0 Å². The number of nitrogens with one attached hydrogen (secondary N) is 1. The topological polar surface area (TPSA) is 91.4 Å². The zero-order valence-corrected chi connectivity index (χ0v) is 10.5. The van der Waals surface area contributed by atoms with Crippen molar-refractivity contribution in [1.29, 1.82) is 5.26 Å². The predicted molar refractivity (Wildman–Crippen MR) is 76.4 cm³/mol. The number of benzene rings is 1. The van der Waals surface area contributed by atoms with Crippen LogP contribution < -0.4 is 5.73 Å². The van der Waals surface area contributed by atoms with Gasteiger partial charge in [0.1, 0.15) is 18.2 Å². The minimum absolute atomic E-state index is 0.393. The van der Waals surface area contributed by atoms with E-state index in [0.29, 0.717) is 17.1 Å². The van der Waals surface area contributed by atoms with E-state index in [1.807, 2.05) is 30.3 Å². The molecule has 3 N–H and O–H groups in total. The highest BCUT2D eigenvalue weighted by Crippen LogP contribution is 2.27. The van der Waals surface area contributed by atoms with Crippen LogP contribution in [0.5, 0.6) is 0 Å². The van der Waals surface area contributed by atoms with Gasteiger partial charge in [0.25, 0.3) is 0 Å². The lowest BCUT2D eigenvalue weighted by atomic mass is 10.1. The number of anilines is 1. The molecule has 3 aromatic rings. The fraction of sp³-hybridized carbons (Fsp3) is 0. The first-order chi connectivity index (χ1) is 9.78. The van der Waals surface area contributed by atoms with E-state index in [2.05, 4.69) is 21.0 Å². The number of nitrogen functional groups attached to an aromatic ring is 1. The highest BCUT2D eigenvalue weighted by molar-refractivity contribution is 5.73. The van der Waals surface area contributed by atoms with E-state index < -0.39 is 0 Å². The summed E-state index contributed by atoms with van der Waals surface area (Å²) in [7, 11) is 0. The van der Waals surface area contributed by atoms with Crippen LogP contribution in [0.3, 0.4) is 0 Å². The van der Waals surface area contributed by atoms with Crippen LogP contribution in [0.15, 0.2) is 48.8 Å². The zero-order valence-electron chi connectivity index (χ0n) is 10.5. The third kappa shape index (κ3) is 2.10. The molecule has 0 aliphatic rings. The lowest BCUT2D eigenvalue weighted by Gasteiger charge is -1.99. The van der Waals surface area contributed by atoms with Gasteiger partial charge in [-0.3, -0.25) is 0 Å². The quantitative estimate of drug-likeness (QED) is 0.741. The molecule has 3 rings (SSSR count). The average molecular weight is 261 g/mol. The highest BCUT2D eigenvalue weighted by Gasteiger charge is 2.12. The predicted octanol–water partition coefficient (Wildman–Crippen LogP) is 2.59. The van der Waals surface area contributed by atoms with Gasteiger partial charge in [-0.15, -0.1) is 0 Å². The molecule has 1 aromatic carbocycles. The standard InChI is InChI=1S/C15H11N5/c16-8-11-6-13(12-7-14(17)19-9-18-12)20-15(11)10-4-2-1-3-5-10/h1-7,9,20H,(H2,17,18,19). The summed E-state index contributed by atoms with van der Waals surface area (Å²) in [6, 6.07) is 15.3. The summed E-state index contributed by atoms with van der Waals surface area (Å²) >= 11 is 0. The van der Waals surface area contributed by atoms with Gasteiger partial charge in [0.15, 0.2) is 0 Å². The number of hydrogen-bond donors (Lipinski definition) is 2. The zero-order chi connectivity index (χ0) is 13.9. The number of nitriles is 1. The largest absolute Gasteiger partial charge is 0.384 e. The summed E-state index contributed by atoms with van der Waals surface area (Å²) in [5.74, 6) is 0.393. The third-order valence-electron chi connectivity index (χ3n) is 2.96. The summed E-state index contributed by atoms with van der Waals surface area (Å²) in [6.07, 6.45) is 1.40. The molecule has 0 radical (unpaired) electrons. The summed E-state index contributed by atoms with van der Waals surface area (Å²) in [5.41, 5.74) is 9.37. The maximum Gasteiger partial charge on any atom is 0.127 e. The highest BCUT2D eigenvalue weighted by atomic mass is 14.9. The molecule has 0 saturated carbocycles. The van der Waals surface area contributed by atoms with Gasteiger partial charge in [-0.2, -0.15) is 5.26 Å². The Morgan fingerprint density at radius 3 is 2.60 bits per heavy atom. The fourth-order valence-corrected chi connectivity index (χ4v) is 2.03. The lowest BCUT2D eigenvalue weighted by molar-refractivity contribution is 1.17. The SMILES string of the molecule is N#Cc1cc(-c2cc(N)ncn2)[nH]c1-c1ccccc1. The van der Waals surface area contributed by atoms with Crippen LogP contribution in [0.4, 0.5) is 5.82 Å². The van der Waals surface area contributed by atoms with E-state index in [-0.39, 0.29) is 0 Å². The van der Waals surface area contributed by atoms with Crippen LogP contribution in [0.2, 0.25) is 0 Å². The van der Waals surface area contributed by atoms with Crippen molar-refractivity contribution in [2.24, 2.45) is 0 Å². The minimum Gasteiger partial charge on any atom is -0.384 e. The van der Waals surface area contributed by atoms with Crippen molar-refractivity contribution in [3.05, 3.63) is 54.4 Å². The van der Waals surface area contributed by atoms with E-state index in [9.17, 15) is 5.26 Å². The fourth-order valence-electron chi connectivity index (χ4n) is 2.03. The van der Waals surface area contributed by atoms with Crippen molar-refractivity contribution in [2.75, 3.05) is 5.73 Å². The van der Waals surface area contributed by atoms with Crippen LogP contribution in [0.1, 0.15) is 5.56 Å². The van der Waals surface area contributed by atoms with E-state index in [4.69, 9.17) is 5.73 Å². The maximum absolute atomic E-state index is 9.27. The Bertz CT molecular complexity index is 784. The Kier molecular flexibility index (Phi) is 2.90. The second-order valence-corrected chi connectivity index (χ2v) is 4.28. The summed E-state index contributed by atoms with van der Waals surface area (Å²) in [4.78, 5) is 11.2. The number of nitrogens with two attached hydrogens (primary N) is 1. The van der Waals surface area contributed by atoms with Crippen LogP contribution in [0.25, 0.3) is 22.6 Å². The van der Waals surface area contributed by atoms with Crippen molar-refractivity contribution in [2.45, 2.75) is 0 Å². The van der Waals surface area contributed by atoms with Gasteiger partial charge in [0.05, 0.1) is 22.6 Å². The number of H-pyrrole nitrogens is 1. The number of aromatic amines is 1. The minimum atomic E-state index is 0.393. The summed E-state index contributed by atoms with van der Waals surface area (Å²) in [5, 5.41) is 9.27. The molecule has 20 heavy (non-hydrogen) atoms. The smallest absolute Gasteiger partial charge is 0.127 e. The Hall–Kier alpha value is -3.13. The molecule has 0 fully saturated rings. The van der Waals surface area contributed by atoms with Gasteiger partial charge in [0, 0.05) is 6.07 Å². The number of aromatic nitrogens is 3. The van der Waals surface area contributed by atoms with Crippen LogP contribution in [-0.4, -0.2) is 15.0 Å². The first-order valence-corrected chi connectivity index (χ1v) is 6.04. The van der Waals surface area contributed by atoms with Crippen molar-refractivity contribution >= 4 is 5.82 Å². The van der Waals surface area contributed by atoms with Crippen LogP contribution in [0, 0.1) is 11.3 Å². The molecule has 0 bridgehead atoms. The van der Waals surface area contributed by atoms with E-state index >= 15 is 0 Å². The molecule has 2 aromatic heterocycles. The summed E-state index contributed by atoms with van der Waals surface area (Å²) < 4.78 is 0. The number of rotatable bonds is 2. The van der Waals surface area contributed by atoms with Crippen molar-refractivity contribution in [1.82, 2.24) is 15.0 Å². The molecule has 0 aliphatic carbocycles. The molecule has 0 saturated heterocycles. The molecular formula is C15H11N5. The lowest BCUT2D eigenvalue weighted by Crippen LogP contribution is -1.92. The van der Waals surface area contributed by atoms with Gasteiger partial charge in [-0.05, 0) is 11.6 Å². The normalized spacial score (nSPS) is 10.2. The number of hydrogen-bond acceptors (Lipinski definition) is 4. The van der Waals surface area contributed by atoms with Crippen LogP contribution in [-0.2, 0) is 0 Å². The molecule has 0 atom stereocenters. The second-order valence-electron chi connectivity index (χ2n) is 4.28. The molecule has 2 heterocycles. The molecule has 5 nitrogen and oxygen atoms in total. The Labute approximate surface area is 115 Å². The van der Waals surface area contributed by atoms with Gasteiger partial charge in [0.2, 0.25) is 0 Å². The first kappa shape index (κ1) is 11.9. The third-order valence-corrected chi connectivity index (χ3v) is 2.96. The average Bonchev–Trinajstić information content (AvgIpc) is 2.92. The van der Waals surface area contributed by atoms with Gasteiger partial charge in [-0.25, -0.2) is 9.97 Å². The molecule has 0 spiro atoms. The Morgan fingerprint density at radius 1 is 1.10 bits per heavy atom. The molecular weight excluding hydrogens is 250 g/mol. The molecule has 0 unspecified atom stereocenters. The molecule has 96 valence electrons. The van der Waals surface area contributed by atoms with Gasteiger partial charge >= 0.3 is 0 Å². The van der Waals surface area contributed by atoms with Gasteiger partial charge in [-0.1, -0.05) is 30.3 Å². The van der Waals surface area contributed by atoms with Crippen molar-refractivity contribution in [3.8, 4) is 28.7 Å². The second kappa shape index (κ2) is 4.86. The monoisotopic (exact) mass is 261 g/mol. The van der Waals surface area contributed by atoms with E-state index in [1.165, 1.54) is 6.33 Å². The first-order valence-electron chi connectivity index (χ1n) is 6.04. The number of nitrogens with zero attached hydrogens (tertiary/aromatic N) is 3. The molecule has 0 aliphatic heterocycles. The van der Waals surface area contributed by atoms with Crippen LogP contribution >= 0.6 is 0 Å². The Morgan fingerprint density at radius 2 is 1.90 bits per heavy atom. The molecule has 0 amide bonds. The van der Waals surface area contributed by atoms with Crippen molar-refractivity contribution < 1.29 is 0 Å². The Balaban J connectivity index is 2.13. The molecule has 5 heteroatoms.